The molecule has 4 aromatic rings. The van der Waals surface area contributed by atoms with Crippen molar-refractivity contribution in [2.45, 2.75) is 12.5 Å². The van der Waals surface area contributed by atoms with Crippen LogP contribution in [0.4, 0.5) is 5.82 Å². The van der Waals surface area contributed by atoms with E-state index in [1.807, 2.05) is 77.6 Å². The van der Waals surface area contributed by atoms with Crippen LogP contribution in [0.25, 0.3) is 11.3 Å². The van der Waals surface area contributed by atoms with E-state index in [-0.39, 0.29) is 6.04 Å². The molecule has 0 saturated carbocycles. The van der Waals surface area contributed by atoms with Gasteiger partial charge in [0.15, 0.2) is 6.29 Å². The van der Waals surface area contributed by atoms with Crippen LogP contribution in [0.2, 0.25) is 0 Å². The Kier molecular flexibility index (Phi) is 4.73. The Labute approximate surface area is 174 Å². The lowest BCUT2D eigenvalue weighted by atomic mass is 10.0. The summed E-state index contributed by atoms with van der Waals surface area (Å²) in [4.78, 5) is 16.2. The van der Waals surface area contributed by atoms with Gasteiger partial charge in [0, 0.05) is 24.5 Å². The number of benzene rings is 2. The number of hydrogen-bond donors (Lipinski definition) is 1. The van der Waals surface area contributed by atoms with Crippen LogP contribution in [0.5, 0.6) is 11.5 Å². The van der Waals surface area contributed by atoms with Crippen molar-refractivity contribution in [3.63, 3.8) is 0 Å². The van der Waals surface area contributed by atoms with Gasteiger partial charge in [0.25, 0.3) is 0 Å². The normalized spacial score (nSPS) is 15.1. The zero-order valence-corrected chi connectivity index (χ0v) is 16.2. The number of nitrogens with one attached hydrogen (secondary N) is 1. The number of nitrogens with zero attached hydrogens (tertiary/aromatic N) is 3. The van der Waals surface area contributed by atoms with Gasteiger partial charge in [-0.2, -0.15) is 5.10 Å². The molecule has 1 aliphatic rings. The summed E-state index contributed by atoms with van der Waals surface area (Å²) in [5, 5.41) is 8.16. The van der Waals surface area contributed by atoms with Crippen molar-refractivity contribution < 1.29 is 9.53 Å². The van der Waals surface area contributed by atoms with Crippen LogP contribution in [-0.4, -0.2) is 27.6 Å². The van der Waals surface area contributed by atoms with Crippen LogP contribution >= 0.6 is 0 Å². The Morgan fingerprint density at radius 1 is 1.00 bits per heavy atom. The monoisotopic (exact) mass is 396 g/mol. The van der Waals surface area contributed by atoms with Crippen LogP contribution in [0.1, 0.15) is 28.4 Å². The number of carbonyl (C=O) groups is 1. The van der Waals surface area contributed by atoms with E-state index in [4.69, 9.17) is 9.84 Å². The molecule has 5 rings (SSSR count). The summed E-state index contributed by atoms with van der Waals surface area (Å²) in [6, 6.07) is 21.3. The zero-order chi connectivity index (χ0) is 20.3. The van der Waals surface area contributed by atoms with E-state index >= 15 is 0 Å². The van der Waals surface area contributed by atoms with E-state index in [1.165, 1.54) is 0 Å². The minimum Gasteiger partial charge on any atom is -0.457 e. The van der Waals surface area contributed by atoms with Crippen molar-refractivity contribution in [1.29, 1.82) is 0 Å². The highest BCUT2D eigenvalue weighted by Crippen LogP contribution is 2.36. The minimum atomic E-state index is 0.0445. The molecular weight excluding hydrogens is 376 g/mol. The second kappa shape index (κ2) is 7.83. The van der Waals surface area contributed by atoms with Gasteiger partial charge in [-0.3, -0.25) is 9.78 Å². The molecule has 6 heteroatoms. The molecule has 3 heterocycles. The first-order valence-electron chi connectivity index (χ1n) is 9.88. The van der Waals surface area contributed by atoms with Gasteiger partial charge < -0.3 is 10.1 Å². The molecule has 2 aromatic carbocycles. The third-order valence-electron chi connectivity index (χ3n) is 5.25. The minimum absolute atomic E-state index is 0.0445. The molecule has 1 atom stereocenters. The van der Waals surface area contributed by atoms with Crippen LogP contribution in [0, 0.1) is 0 Å². The number of carbonyl (C=O) groups excluding carboxylic acids is 1. The van der Waals surface area contributed by atoms with Crippen LogP contribution < -0.4 is 10.1 Å². The topological polar surface area (TPSA) is 69.0 Å². The van der Waals surface area contributed by atoms with Crippen LogP contribution in [0.15, 0.2) is 79.1 Å². The highest BCUT2D eigenvalue weighted by molar-refractivity contribution is 5.92. The average Bonchev–Trinajstić information content (AvgIpc) is 3.19. The molecule has 0 bridgehead atoms. The number of ether oxygens (including phenoxy) is 1. The Hall–Kier alpha value is -3.93. The first-order valence-corrected chi connectivity index (χ1v) is 9.88. The number of aromatic nitrogens is 3. The van der Waals surface area contributed by atoms with E-state index in [0.29, 0.717) is 11.3 Å². The van der Waals surface area contributed by atoms with Gasteiger partial charge in [0.2, 0.25) is 0 Å². The van der Waals surface area contributed by atoms with Gasteiger partial charge in [-0.1, -0.05) is 24.3 Å². The first kappa shape index (κ1) is 18.1. The number of pyridine rings is 1. The van der Waals surface area contributed by atoms with Gasteiger partial charge in [0.1, 0.15) is 23.0 Å². The summed E-state index contributed by atoms with van der Waals surface area (Å²) in [6.07, 6.45) is 5.37. The number of rotatable bonds is 5. The molecule has 1 unspecified atom stereocenters. The lowest BCUT2D eigenvalue weighted by Gasteiger charge is -2.26. The van der Waals surface area contributed by atoms with Crippen molar-refractivity contribution in [2.24, 2.45) is 0 Å². The van der Waals surface area contributed by atoms with E-state index < -0.39 is 0 Å². The molecular formula is C24H20N4O2. The SMILES string of the molecule is O=Cc1c(-c2ccc(Oc3ccccc3)cc2)nn2c1NCCC2c1cccnc1. The summed E-state index contributed by atoms with van der Waals surface area (Å²) in [7, 11) is 0. The van der Waals surface area contributed by atoms with Crippen molar-refractivity contribution in [1.82, 2.24) is 14.8 Å². The number of anilines is 1. The van der Waals surface area contributed by atoms with E-state index in [0.717, 1.165) is 47.7 Å². The summed E-state index contributed by atoms with van der Waals surface area (Å²) >= 11 is 0. The first-order chi connectivity index (χ1) is 14.8. The molecule has 0 amide bonds. The predicted molar refractivity (Wildman–Crippen MR) is 115 cm³/mol. The molecule has 0 aliphatic carbocycles. The molecule has 0 fully saturated rings. The summed E-state index contributed by atoms with van der Waals surface area (Å²) in [5.74, 6) is 2.26. The molecule has 0 spiro atoms. The van der Waals surface area contributed by atoms with E-state index in [1.54, 1.807) is 6.20 Å². The smallest absolute Gasteiger partial charge is 0.156 e. The molecule has 6 nitrogen and oxygen atoms in total. The number of fused-ring (bicyclic) bond motifs is 1. The summed E-state index contributed by atoms with van der Waals surface area (Å²) in [5.41, 5.74) is 3.18. The molecule has 1 N–H and O–H groups in total. The maximum atomic E-state index is 12.0. The second-order valence-electron chi connectivity index (χ2n) is 7.13. The third kappa shape index (κ3) is 3.33. The average molecular weight is 396 g/mol. The molecule has 0 saturated heterocycles. The molecule has 30 heavy (non-hydrogen) atoms. The van der Waals surface area contributed by atoms with E-state index in [9.17, 15) is 4.79 Å². The largest absolute Gasteiger partial charge is 0.457 e. The van der Waals surface area contributed by atoms with Crippen LogP contribution in [0.3, 0.4) is 0 Å². The van der Waals surface area contributed by atoms with Crippen molar-refractivity contribution in [3.8, 4) is 22.8 Å². The quantitative estimate of drug-likeness (QED) is 0.483. The molecule has 148 valence electrons. The van der Waals surface area contributed by atoms with Gasteiger partial charge in [-0.15, -0.1) is 0 Å². The Morgan fingerprint density at radius 2 is 1.80 bits per heavy atom. The summed E-state index contributed by atoms with van der Waals surface area (Å²) in [6.45, 7) is 0.773. The zero-order valence-electron chi connectivity index (χ0n) is 16.2. The number of hydrogen-bond acceptors (Lipinski definition) is 5. The van der Waals surface area contributed by atoms with Crippen molar-refractivity contribution >= 4 is 12.1 Å². The van der Waals surface area contributed by atoms with Gasteiger partial charge >= 0.3 is 0 Å². The summed E-state index contributed by atoms with van der Waals surface area (Å²) < 4.78 is 7.78. The predicted octanol–water partition coefficient (Wildman–Crippen LogP) is 4.95. The maximum absolute atomic E-state index is 12.0. The van der Waals surface area contributed by atoms with E-state index in [2.05, 4.69) is 10.3 Å². The van der Waals surface area contributed by atoms with Gasteiger partial charge in [0.05, 0.1) is 11.6 Å². The Bertz CT molecular complexity index is 1160. The van der Waals surface area contributed by atoms with Crippen molar-refractivity contribution in [3.05, 3.63) is 90.3 Å². The molecule has 2 aromatic heterocycles. The Morgan fingerprint density at radius 3 is 2.53 bits per heavy atom. The van der Waals surface area contributed by atoms with Gasteiger partial charge in [-0.25, -0.2) is 4.68 Å². The highest BCUT2D eigenvalue weighted by Gasteiger charge is 2.28. The number of aldehydes is 1. The lowest BCUT2D eigenvalue weighted by molar-refractivity contribution is 0.112. The standard InChI is InChI=1S/C24H20N4O2/c29-16-21-23(17-8-10-20(11-9-17)30-19-6-2-1-3-7-19)27-28-22(12-14-26-24(21)28)18-5-4-13-25-15-18/h1-11,13,15-16,22,26H,12,14H2. The fourth-order valence-electron chi connectivity index (χ4n) is 3.81. The van der Waals surface area contributed by atoms with Crippen molar-refractivity contribution in [2.75, 3.05) is 11.9 Å². The fraction of sp³-hybridized carbons (Fsp3) is 0.125. The number of para-hydroxylation sites is 1. The molecule has 0 radical (unpaired) electrons. The highest BCUT2D eigenvalue weighted by atomic mass is 16.5. The third-order valence-corrected chi connectivity index (χ3v) is 5.25. The lowest BCUT2D eigenvalue weighted by Crippen LogP contribution is -2.24. The molecule has 1 aliphatic heterocycles. The maximum Gasteiger partial charge on any atom is 0.156 e. The Balaban J connectivity index is 1.49. The fourth-order valence-corrected chi connectivity index (χ4v) is 3.81. The van der Waals surface area contributed by atoms with Crippen LogP contribution in [-0.2, 0) is 0 Å². The van der Waals surface area contributed by atoms with Gasteiger partial charge in [-0.05, 0) is 54.4 Å². The second-order valence-corrected chi connectivity index (χ2v) is 7.13.